The molecule has 1 aliphatic rings. The maximum absolute atomic E-state index is 12.4. The zero-order valence-corrected chi connectivity index (χ0v) is 11.5. The third kappa shape index (κ3) is 2.67. The van der Waals surface area contributed by atoms with E-state index in [0.29, 0.717) is 29.3 Å². The highest BCUT2D eigenvalue weighted by Gasteiger charge is 2.22. The summed E-state index contributed by atoms with van der Waals surface area (Å²) in [6, 6.07) is 4.77. The molecule has 0 spiro atoms. The van der Waals surface area contributed by atoms with E-state index in [1.165, 1.54) is 6.07 Å². The molecular weight excluding hydrogens is 272 g/mol. The van der Waals surface area contributed by atoms with Crippen molar-refractivity contribution in [1.29, 1.82) is 0 Å². The summed E-state index contributed by atoms with van der Waals surface area (Å²) < 4.78 is 5.50. The van der Waals surface area contributed by atoms with Crippen molar-refractivity contribution in [3.63, 3.8) is 0 Å². The summed E-state index contributed by atoms with van der Waals surface area (Å²) in [7, 11) is 0. The van der Waals surface area contributed by atoms with Crippen molar-refractivity contribution in [2.75, 3.05) is 6.61 Å². The number of non-ortho nitro benzene ring substituents is 1. The molecule has 6 nitrogen and oxygen atoms in total. The lowest BCUT2D eigenvalue weighted by Crippen LogP contribution is -2.08. The largest absolute Gasteiger partial charge is 0.378 e. The molecule has 3 rings (SSSR count). The first-order valence-electron chi connectivity index (χ1n) is 7.06. The number of nitrogens with one attached hydrogen (secondary N) is 1. The number of carbonyl (C=O) groups is 1. The molecule has 6 heteroatoms. The van der Waals surface area contributed by atoms with E-state index in [9.17, 15) is 14.9 Å². The number of aromatic amines is 1. The van der Waals surface area contributed by atoms with Crippen LogP contribution in [0.2, 0.25) is 0 Å². The number of ether oxygens (including phenoxy) is 1. The number of nitro groups is 1. The van der Waals surface area contributed by atoms with Gasteiger partial charge in [-0.3, -0.25) is 14.9 Å². The van der Waals surface area contributed by atoms with Crippen molar-refractivity contribution in [2.24, 2.45) is 0 Å². The van der Waals surface area contributed by atoms with E-state index < -0.39 is 4.92 Å². The molecular formula is C15H16N2O4. The van der Waals surface area contributed by atoms with Crippen LogP contribution in [0.25, 0.3) is 10.9 Å². The van der Waals surface area contributed by atoms with Crippen LogP contribution in [0.5, 0.6) is 0 Å². The molecule has 1 aromatic carbocycles. The topological polar surface area (TPSA) is 85.2 Å². The Kier molecular flexibility index (Phi) is 3.70. The fourth-order valence-corrected chi connectivity index (χ4v) is 2.84. The van der Waals surface area contributed by atoms with E-state index >= 15 is 0 Å². The monoisotopic (exact) mass is 288 g/mol. The van der Waals surface area contributed by atoms with Gasteiger partial charge in [0.15, 0.2) is 5.78 Å². The molecule has 0 amide bonds. The Balaban J connectivity index is 1.85. The molecule has 1 aliphatic heterocycles. The lowest BCUT2D eigenvalue weighted by atomic mass is 10.0. The molecule has 1 saturated heterocycles. The summed E-state index contributed by atoms with van der Waals surface area (Å²) in [4.78, 5) is 26.0. The molecule has 21 heavy (non-hydrogen) atoms. The van der Waals surface area contributed by atoms with Crippen molar-refractivity contribution in [2.45, 2.75) is 31.8 Å². The maximum Gasteiger partial charge on any atom is 0.279 e. The smallest absolute Gasteiger partial charge is 0.279 e. The summed E-state index contributed by atoms with van der Waals surface area (Å²) in [6.07, 6.45) is 4.76. The van der Waals surface area contributed by atoms with Gasteiger partial charge in [-0.15, -0.1) is 0 Å². The number of Topliss-reactive ketones (excluding diaryl/α,β-unsaturated/α-hetero) is 1. The number of fused-ring (bicyclic) bond motifs is 1. The number of H-pyrrole nitrogens is 1. The lowest BCUT2D eigenvalue weighted by Gasteiger charge is -2.07. The van der Waals surface area contributed by atoms with Crippen LogP contribution in [0, 0.1) is 10.1 Å². The quantitative estimate of drug-likeness (QED) is 0.520. The van der Waals surface area contributed by atoms with E-state index in [0.717, 1.165) is 19.4 Å². The maximum atomic E-state index is 12.4. The van der Waals surface area contributed by atoms with Crippen LogP contribution in [0.3, 0.4) is 0 Å². The second-order valence-corrected chi connectivity index (χ2v) is 5.26. The predicted octanol–water partition coefficient (Wildman–Crippen LogP) is 3.22. The summed E-state index contributed by atoms with van der Waals surface area (Å²) in [5.74, 6) is -0.0777. The Bertz CT molecular complexity index is 686. The Morgan fingerprint density at radius 1 is 1.48 bits per heavy atom. The number of hydrogen-bond acceptors (Lipinski definition) is 4. The van der Waals surface area contributed by atoms with Gasteiger partial charge < -0.3 is 9.72 Å². The number of nitrogens with zero attached hydrogens (tertiary/aromatic N) is 1. The summed E-state index contributed by atoms with van der Waals surface area (Å²) >= 11 is 0. The van der Waals surface area contributed by atoms with E-state index in [-0.39, 0.29) is 17.6 Å². The number of rotatable bonds is 5. The van der Waals surface area contributed by atoms with Crippen LogP contribution in [0.1, 0.15) is 36.0 Å². The number of carbonyl (C=O) groups excluding carboxylic acids is 1. The number of ketones is 1. The molecule has 0 radical (unpaired) electrons. The number of nitro benzene ring substituents is 1. The summed E-state index contributed by atoms with van der Waals surface area (Å²) in [6.45, 7) is 0.761. The van der Waals surface area contributed by atoms with Gasteiger partial charge >= 0.3 is 0 Å². The molecule has 1 unspecified atom stereocenters. The van der Waals surface area contributed by atoms with Crippen LogP contribution < -0.4 is 0 Å². The fraction of sp³-hybridized carbons (Fsp3) is 0.400. The normalized spacial score (nSPS) is 18.2. The minimum atomic E-state index is -0.451. The summed E-state index contributed by atoms with van der Waals surface area (Å²) in [5.41, 5.74) is 0.981. The summed E-state index contributed by atoms with van der Waals surface area (Å²) in [5, 5.41) is 11.5. The Morgan fingerprint density at radius 2 is 2.33 bits per heavy atom. The molecule has 1 atom stereocenters. The van der Waals surface area contributed by atoms with Crippen LogP contribution >= 0.6 is 0 Å². The zero-order valence-electron chi connectivity index (χ0n) is 11.5. The van der Waals surface area contributed by atoms with Crippen molar-refractivity contribution >= 4 is 22.4 Å². The Morgan fingerprint density at radius 3 is 3.05 bits per heavy atom. The van der Waals surface area contributed by atoms with Gasteiger partial charge in [-0.25, -0.2) is 0 Å². The van der Waals surface area contributed by atoms with Crippen molar-refractivity contribution < 1.29 is 14.5 Å². The average Bonchev–Trinajstić information content (AvgIpc) is 3.13. The number of aromatic nitrogens is 1. The van der Waals surface area contributed by atoms with Gasteiger partial charge in [0, 0.05) is 30.9 Å². The molecule has 0 saturated carbocycles. The van der Waals surface area contributed by atoms with Crippen LogP contribution in [0.15, 0.2) is 24.4 Å². The minimum Gasteiger partial charge on any atom is -0.378 e. The van der Waals surface area contributed by atoms with Gasteiger partial charge in [0.2, 0.25) is 0 Å². The molecule has 2 aromatic rings. The third-order valence-electron chi connectivity index (χ3n) is 3.90. The first kappa shape index (κ1) is 13.8. The van der Waals surface area contributed by atoms with Gasteiger partial charge in [-0.05, 0) is 25.3 Å². The SMILES string of the molecule is O=C(CCC1CCCO1)c1c[nH]c2cccc([N+](=O)[O-])c12. The van der Waals surface area contributed by atoms with Gasteiger partial charge in [-0.2, -0.15) is 0 Å². The van der Waals surface area contributed by atoms with Crippen molar-refractivity contribution in [3.05, 3.63) is 40.1 Å². The van der Waals surface area contributed by atoms with Crippen molar-refractivity contribution in [3.8, 4) is 0 Å². The third-order valence-corrected chi connectivity index (χ3v) is 3.90. The van der Waals surface area contributed by atoms with Gasteiger partial charge in [0.1, 0.15) is 0 Å². The van der Waals surface area contributed by atoms with Crippen molar-refractivity contribution in [1.82, 2.24) is 4.98 Å². The van der Waals surface area contributed by atoms with E-state index in [2.05, 4.69) is 4.98 Å². The van der Waals surface area contributed by atoms with Crippen LogP contribution in [-0.2, 0) is 4.74 Å². The second kappa shape index (κ2) is 5.65. The first-order chi connectivity index (χ1) is 10.2. The Hall–Kier alpha value is -2.21. The molecule has 1 aromatic heterocycles. The Labute approximate surface area is 121 Å². The highest BCUT2D eigenvalue weighted by molar-refractivity contribution is 6.10. The van der Waals surface area contributed by atoms with Crippen LogP contribution in [-0.4, -0.2) is 28.4 Å². The van der Waals surface area contributed by atoms with Crippen LogP contribution in [0.4, 0.5) is 5.69 Å². The molecule has 1 fully saturated rings. The molecule has 0 aliphatic carbocycles. The average molecular weight is 288 g/mol. The molecule has 0 bridgehead atoms. The highest BCUT2D eigenvalue weighted by atomic mass is 16.6. The van der Waals surface area contributed by atoms with Gasteiger partial charge in [-0.1, -0.05) is 6.07 Å². The van der Waals surface area contributed by atoms with E-state index in [4.69, 9.17) is 4.74 Å². The first-order valence-corrected chi connectivity index (χ1v) is 7.06. The molecule has 2 heterocycles. The number of hydrogen-bond donors (Lipinski definition) is 1. The fourth-order valence-electron chi connectivity index (χ4n) is 2.84. The van der Waals surface area contributed by atoms with E-state index in [1.807, 2.05) is 0 Å². The lowest BCUT2D eigenvalue weighted by molar-refractivity contribution is -0.383. The second-order valence-electron chi connectivity index (χ2n) is 5.26. The van der Waals surface area contributed by atoms with E-state index in [1.54, 1.807) is 18.3 Å². The zero-order chi connectivity index (χ0) is 14.8. The van der Waals surface area contributed by atoms with Gasteiger partial charge in [0.05, 0.1) is 21.9 Å². The van der Waals surface area contributed by atoms with Gasteiger partial charge in [0.25, 0.3) is 5.69 Å². The standard InChI is InChI=1S/C15H16N2O4/c18-14(7-6-10-3-2-8-21-10)11-9-16-12-4-1-5-13(15(11)12)17(19)20/h1,4-5,9-10,16H,2-3,6-8H2. The number of benzene rings is 1. The highest BCUT2D eigenvalue weighted by Crippen LogP contribution is 2.30. The molecule has 1 N–H and O–H groups in total. The predicted molar refractivity (Wildman–Crippen MR) is 77.5 cm³/mol. The molecule has 110 valence electrons. The minimum absolute atomic E-state index is 0.0331.